The highest BCUT2D eigenvalue weighted by Gasteiger charge is 2.39. The molecule has 0 spiro atoms. The summed E-state index contributed by atoms with van der Waals surface area (Å²) in [5.41, 5.74) is 2.90. The van der Waals surface area contributed by atoms with E-state index in [9.17, 15) is 0 Å². The van der Waals surface area contributed by atoms with Crippen LogP contribution in [0, 0.1) is 0 Å². The summed E-state index contributed by atoms with van der Waals surface area (Å²) in [6.07, 6.45) is 5.77. The van der Waals surface area contributed by atoms with E-state index >= 15 is 0 Å². The first kappa shape index (κ1) is 9.44. The predicted octanol–water partition coefficient (Wildman–Crippen LogP) is 3.07. The third-order valence-corrected chi connectivity index (χ3v) is 3.93. The van der Waals surface area contributed by atoms with Crippen molar-refractivity contribution in [1.82, 2.24) is 5.32 Å². The van der Waals surface area contributed by atoms with E-state index in [1.165, 1.54) is 11.1 Å². The Bertz CT molecular complexity index is 425. The fourth-order valence-corrected chi connectivity index (χ4v) is 3.24. The second-order valence-electron chi connectivity index (χ2n) is 4.38. The second kappa shape index (κ2) is 3.36. The number of hydrogen-bond donors (Lipinski definition) is 1. The largest absolute Gasteiger partial charge is 0.315 e. The molecule has 2 aliphatic rings. The first-order valence-corrected chi connectivity index (χ1v) is 5.82. The van der Waals surface area contributed by atoms with Gasteiger partial charge in [-0.15, -0.1) is 0 Å². The van der Waals surface area contributed by atoms with Crippen LogP contribution >= 0.6 is 11.6 Å². The summed E-state index contributed by atoms with van der Waals surface area (Å²) in [5.74, 6) is 1.15. The molecular formula is C13H14ClN. The molecule has 2 heteroatoms. The molecule has 3 atom stereocenters. The summed E-state index contributed by atoms with van der Waals surface area (Å²) < 4.78 is 0. The van der Waals surface area contributed by atoms with Gasteiger partial charge in [0.1, 0.15) is 0 Å². The topological polar surface area (TPSA) is 12.0 Å². The smallest absolute Gasteiger partial charge is 0.0409 e. The van der Waals surface area contributed by atoms with Crippen LogP contribution in [0.2, 0.25) is 5.02 Å². The van der Waals surface area contributed by atoms with Crippen LogP contribution in [0.3, 0.4) is 0 Å². The third-order valence-electron chi connectivity index (χ3n) is 3.69. The van der Waals surface area contributed by atoms with E-state index in [-0.39, 0.29) is 0 Å². The molecule has 0 amide bonds. The van der Waals surface area contributed by atoms with Crippen molar-refractivity contribution in [2.45, 2.75) is 24.3 Å². The van der Waals surface area contributed by atoms with Gasteiger partial charge >= 0.3 is 0 Å². The summed E-state index contributed by atoms with van der Waals surface area (Å²) in [4.78, 5) is 0. The van der Waals surface area contributed by atoms with Crippen LogP contribution in [0.25, 0.3) is 0 Å². The summed E-state index contributed by atoms with van der Waals surface area (Å²) >= 11 is 6.06. The van der Waals surface area contributed by atoms with E-state index in [0.717, 1.165) is 11.4 Å². The number of benzene rings is 1. The first-order valence-electron chi connectivity index (χ1n) is 5.44. The lowest BCUT2D eigenvalue weighted by atomic mass is 9.87. The monoisotopic (exact) mass is 219 g/mol. The molecule has 0 fully saturated rings. The maximum atomic E-state index is 6.06. The molecule has 2 bridgehead atoms. The number of likely N-dealkylation sites (N-methyl/N-ethyl adjacent to an activating group) is 1. The van der Waals surface area contributed by atoms with Gasteiger partial charge in [-0.3, -0.25) is 0 Å². The Kier molecular flexibility index (Phi) is 2.11. The minimum Gasteiger partial charge on any atom is -0.315 e. The summed E-state index contributed by atoms with van der Waals surface area (Å²) in [7, 11) is 2.05. The highest BCUT2D eigenvalue weighted by atomic mass is 35.5. The molecule has 3 rings (SSSR count). The fraction of sp³-hybridized carbons (Fsp3) is 0.385. The van der Waals surface area contributed by atoms with Crippen LogP contribution in [-0.2, 0) is 0 Å². The molecule has 1 N–H and O–H groups in total. The Balaban J connectivity index is 2.15. The molecular weight excluding hydrogens is 206 g/mol. The van der Waals surface area contributed by atoms with Gasteiger partial charge in [-0.2, -0.15) is 0 Å². The highest BCUT2D eigenvalue weighted by molar-refractivity contribution is 6.30. The average Bonchev–Trinajstić information content (AvgIpc) is 2.42. The van der Waals surface area contributed by atoms with E-state index in [1.807, 2.05) is 6.07 Å². The molecule has 0 radical (unpaired) electrons. The Hall–Kier alpha value is -0.790. The normalized spacial score (nSPS) is 31.7. The second-order valence-corrected chi connectivity index (χ2v) is 4.82. The van der Waals surface area contributed by atoms with Crippen molar-refractivity contribution in [1.29, 1.82) is 0 Å². The molecule has 1 aromatic carbocycles. The van der Waals surface area contributed by atoms with Crippen molar-refractivity contribution in [2.24, 2.45) is 0 Å². The van der Waals surface area contributed by atoms with Crippen molar-refractivity contribution >= 4 is 11.6 Å². The highest BCUT2D eigenvalue weighted by Crippen LogP contribution is 2.47. The lowest BCUT2D eigenvalue weighted by Gasteiger charge is -2.26. The van der Waals surface area contributed by atoms with Crippen LogP contribution < -0.4 is 5.32 Å². The molecule has 1 nitrogen and oxygen atoms in total. The van der Waals surface area contributed by atoms with Gasteiger partial charge in [0.05, 0.1) is 0 Å². The number of fused-ring (bicyclic) bond motifs is 5. The summed E-state index contributed by atoms with van der Waals surface area (Å²) in [5, 5.41) is 4.29. The van der Waals surface area contributed by atoms with Crippen LogP contribution in [0.4, 0.5) is 0 Å². The number of nitrogens with one attached hydrogen (secondary N) is 1. The molecule has 0 aliphatic heterocycles. The van der Waals surface area contributed by atoms with Crippen LogP contribution in [-0.4, -0.2) is 13.1 Å². The van der Waals surface area contributed by atoms with Crippen LogP contribution in [0.15, 0.2) is 30.4 Å². The Morgan fingerprint density at radius 1 is 1.33 bits per heavy atom. The van der Waals surface area contributed by atoms with Crippen molar-refractivity contribution < 1.29 is 0 Å². The zero-order chi connectivity index (χ0) is 10.4. The van der Waals surface area contributed by atoms with E-state index in [0.29, 0.717) is 17.9 Å². The zero-order valence-corrected chi connectivity index (χ0v) is 9.46. The minimum absolute atomic E-state index is 0.516. The van der Waals surface area contributed by atoms with Crippen molar-refractivity contribution in [2.75, 3.05) is 7.05 Å². The predicted molar refractivity (Wildman–Crippen MR) is 63.5 cm³/mol. The number of rotatable bonds is 1. The van der Waals surface area contributed by atoms with Crippen molar-refractivity contribution in [3.63, 3.8) is 0 Å². The number of hydrogen-bond acceptors (Lipinski definition) is 1. The molecule has 78 valence electrons. The van der Waals surface area contributed by atoms with Gasteiger partial charge in [-0.25, -0.2) is 0 Å². The van der Waals surface area contributed by atoms with Crippen LogP contribution in [0.1, 0.15) is 29.4 Å². The first-order chi connectivity index (χ1) is 7.31. The van der Waals surface area contributed by atoms with Gasteiger partial charge in [0, 0.05) is 22.9 Å². The summed E-state index contributed by atoms with van der Waals surface area (Å²) in [6.45, 7) is 0. The lowest BCUT2D eigenvalue weighted by molar-refractivity contribution is 0.452. The van der Waals surface area contributed by atoms with Gasteiger partial charge in [0.15, 0.2) is 0 Å². The van der Waals surface area contributed by atoms with E-state index in [4.69, 9.17) is 11.6 Å². The number of halogens is 1. The average molecular weight is 220 g/mol. The lowest BCUT2D eigenvalue weighted by Crippen LogP contribution is -2.33. The number of allylic oxidation sites excluding steroid dienone is 1. The quantitative estimate of drug-likeness (QED) is 0.716. The fourth-order valence-electron chi connectivity index (χ4n) is 3.06. The van der Waals surface area contributed by atoms with Crippen molar-refractivity contribution in [3.8, 4) is 0 Å². The summed E-state index contributed by atoms with van der Waals surface area (Å²) in [6, 6.07) is 6.89. The Morgan fingerprint density at radius 3 is 3.00 bits per heavy atom. The molecule has 1 aromatic rings. The van der Waals surface area contributed by atoms with Crippen LogP contribution in [0.5, 0.6) is 0 Å². The van der Waals surface area contributed by atoms with Gasteiger partial charge in [-0.05, 0) is 36.7 Å². The van der Waals surface area contributed by atoms with Gasteiger partial charge in [-0.1, -0.05) is 29.8 Å². The Labute approximate surface area is 95.1 Å². The molecule has 0 heterocycles. The Morgan fingerprint density at radius 2 is 2.20 bits per heavy atom. The maximum Gasteiger partial charge on any atom is 0.0409 e. The van der Waals surface area contributed by atoms with Gasteiger partial charge in [0.2, 0.25) is 0 Å². The van der Waals surface area contributed by atoms with E-state index in [1.54, 1.807) is 0 Å². The minimum atomic E-state index is 0.516. The molecule has 2 aliphatic carbocycles. The van der Waals surface area contributed by atoms with E-state index < -0.39 is 0 Å². The van der Waals surface area contributed by atoms with Gasteiger partial charge < -0.3 is 5.32 Å². The molecule has 0 saturated heterocycles. The van der Waals surface area contributed by atoms with E-state index in [2.05, 4.69) is 36.6 Å². The SMILES string of the molecule is CNC1[C@@H]2CC=C[C@H]1c1cc(Cl)ccc12. The molecule has 0 aromatic heterocycles. The zero-order valence-electron chi connectivity index (χ0n) is 8.70. The molecule has 1 unspecified atom stereocenters. The maximum absolute atomic E-state index is 6.06. The molecule has 15 heavy (non-hydrogen) atoms. The van der Waals surface area contributed by atoms with Gasteiger partial charge in [0.25, 0.3) is 0 Å². The standard InChI is InChI=1S/C13H14ClN/c1-15-13-10-3-2-4-11(13)12-7-8(14)5-6-9(10)12/h2,4-7,10-11,13,15H,3H2,1H3/t10-,11+,13?/m1/s1. The van der Waals surface area contributed by atoms with Crippen molar-refractivity contribution in [3.05, 3.63) is 46.5 Å². The molecule has 0 saturated carbocycles. The third kappa shape index (κ3) is 1.27.